The molecule has 0 bridgehead atoms. The van der Waals surface area contributed by atoms with Crippen LogP contribution in [-0.4, -0.2) is 59.2 Å². The molecular weight excluding hydrogens is 244 g/mol. The van der Waals surface area contributed by atoms with E-state index in [0.717, 1.165) is 0 Å². The van der Waals surface area contributed by atoms with E-state index in [4.69, 9.17) is 4.74 Å². The van der Waals surface area contributed by atoms with Gasteiger partial charge in [-0.15, -0.1) is 0 Å². The molecule has 6 nitrogen and oxygen atoms in total. The Labute approximate surface area is 102 Å². The maximum atomic E-state index is 11.8. The molecule has 1 aliphatic rings. The predicted molar refractivity (Wildman–Crippen MR) is 64.5 cm³/mol. The average Bonchev–Trinajstić information content (AvgIpc) is 2.70. The molecule has 0 radical (unpaired) electrons. The maximum Gasteiger partial charge on any atom is 0.227 e. The lowest BCUT2D eigenvalue weighted by Gasteiger charge is -2.16. The number of hydrogen-bond acceptors (Lipinski definition) is 5. The fourth-order valence-electron chi connectivity index (χ4n) is 1.77. The first-order valence-electron chi connectivity index (χ1n) is 5.64. The summed E-state index contributed by atoms with van der Waals surface area (Å²) >= 11 is 0. The molecule has 0 aromatic rings. The van der Waals surface area contributed by atoms with Crippen LogP contribution >= 0.6 is 0 Å². The topological polar surface area (TPSA) is 84.5 Å². The van der Waals surface area contributed by atoms with Crippen LogP contribution in [0.3, 0.4) is 0 Å². The van der Waals surface area contributed by atoms with Gasteiger partial charge >= 0.3 is 0 Å². The maximum absolute atomic E-state index is 11.8. The normalized spacial score (nSPS) is 24.8. The molecule has 17 heavy (non-hydrogen) atoms. The number of nitrogens with one attached hydrogen (secondary N) is 2. The van der Waals surface area contributed by atoms with Crippen molar-refractivity contribution in [3.63, 3.8) is 0 Å². The molecule has 1 fully saturated rings. The Morgan fingerprint density at radius 1 is 1.41 bits per heavy atom. The van der Waals surface area contributed by atoms with Crippen LogP contribution in [0.1, 0.15) is 6.42 Å². The third-order valence-corrected chi connectivity index (χ3v) is 3.81. The molecular formula is C10H20N2O4S. The summed E-state index contributed by atoms with van der Waals surface area (Å²) in [5.41, 5.74) is 0. The van der Waals surface area contributed by atoms with Crippen LogP contribution in [0.25, 0.3) is 0 Å². The molecule has 1 saturated heterocycles. The molecule has 0 aliphatic carbocycles. The second kappa shape index (κ2) is 6.32. The van der Waals surface area contributed by atoms with Crippen molar-refractivity contribution in [2.45, 2.75) is 12.5 Å². The van der Waals surface area contributed by atoms with Gasteiger partial charge in [-0.1, -0.05) is 0 Å². The summed E-state index contributed by atoms with van der Waals surface area (Å²) in [5.74, 6) is -0.155. The predicted octanol–water partition coefficient (Wildman–Crippen LogP) is -1.23. The lowest BCUT2D eigenvalue weighted by Crippen LogP contribution is -2.43. The molecule has 1 amide bonds. The molecule has 2 atom stereocenters. The summed E-state index contributed by atoms with van der Waals surface area (Å²) in [6.45, 7) is 1.35. The van der Waals surface area contributed by atoms with E-state index in [1.165, 1.54) is 6.26 Å². The molecule has 2 unspecified atom stereocenters. The minimum absolute atomic E-state index is 0.0462. The van der Waals surface area contributed by atoms with Crippen LogP contribution in [0.2, 0.25) is 0 Å². The molecule has 0 spiro atoms. The molecule has 2 N–H and O–H groups in total. The van der Waals surface area contributed by atoms with Crippen molar-refractivity contribution in [3.8, 4) is 0 Å². The minimum atomic E-state index is -2.94. The number of amides is 1. The van der Waals surface area contributed by atoms with Crippen molar-refractivity contribution in [3.05, 3.63) is 0 Å². The molecule has 100 valence electrons. The number of likely N-dealkylation sites (N-methyl/N-ethyl adjacent to an activating group) is 1. The largest absolute Gasteiger partial charge is 0.379 e. The Kier molecular flexibility index (Phi) is 5.35. The van der Waals surface area contributed by atoms with E-state index in [-0.39, 0.29) is 23.6 Å². The van der Waals surface area contributed by atoms with Crippen LogP contribution in [0.4, 0.5) is 0 Å². The first kappa shape index (κ1) is 14.4. The van der Waals surface area contributed by atoms with Gasteiger partial charge in [0.05, 0.1) is 24.9 Å². The Morgan fingerprint density at radius 2 is 2.12 bits per heavy atom. The van der Waals surface area contributed by atoms with Crippen molar-refractivity contribution in [1.29, 1.82) is 0 Å². The van der Waals surface area contributed by atoms with Gasteiger partial charge in [-0.3, -0.25) is 4.79 Å². The van der Waals surface area contributed by atoms with Crippen LogP contribution in [0.5, 0.6) is 0 Å². The lowest BCUT2D eigenvalue weighted by atomic mass is 10.0. The number of carbonyl (C=O) groups excluding carboxylic acids is 1. The fraction of sp³-hybridized carbons (Fsp3) is 0.900. The van der Waals surface area contributed by atoms with E-state index in [0.29, 0.717) is 26.2 Å². The Balaban J connectivity index is 2.25. The number of hydrogen-bond donors (Lipinski definition) is 2. The zero-order valence-electron chi connectivity index (χ0n) is 10.2. The molecule has 1 rings (SSSR count). The highest BCUT2D eigenvalue weighted by atomic mass is 32.2. The van der Waals surface area contributed by atoms with Gasteiger partial charge in [0.15, 0.2) is 0 Å². The van der Waals surface area contributed by atoms with E-state index in [9.17, 15) is 13.2 Å². The second-order valence-electron chi connectivity index (χ2n) is 4.31. The summed E-state index contributed by atoms with van der Waals surface area (Å²) in [5, 5.41) is 5.77. The molecule has 7 heteroatoms. The van der Waals surface area contributed by atoms with E-state index in [1.54, 1.807) is 7.05 Å². The van der Waals surface area contributed by atoms with Crippen LogP contribution in [0.15, 0.2) is 0 Å². The van der Waals surface area contributed by atoms with Crippen molar-refractivity contribution in [2.75, 3.05) is 38.8 Å². The number of rotatable bonds is 6. The van der Waals surface area contributed by atoms with Gasteiger partial charge in [0.1, 0.15) is 9.84 Å². The molecule has 0 saturated carbocycles. The third-order valence-electron chi connectivity index (χ3n) is 2.78. The summed E-state index contributed by atoms with van der Waals surface area (Å²) in [6.07, 6.45) is 1.64. The first-order valence-corrected chi connectivity index (χ1v) is 7.70. The van der Waals surface area contributed by atoms with E-state index in [2.05, 4.69) is 10.6 Å². The molecule has 0 aromatic carbocycles. The Morgan fingerprint density at radius 3 is 2.71 bits per heavy atom. The fourth-order valence-corrected chi connectivity index (χ4v) is 2.44. The Bertz CT molecular complexity index is 355. The van der Waals surface area contributed by atoms with E-state index >= 15 is 0 Å². The monoisotopic (exact) mass is 264 g/mol. The van der Waals surface area contributed by atoms with Gasteiger partial charge in [0.25, 0.3) is 0 Å². The quantitative estimate of drug-likeness (QED) is 0.587. The van der Waals surface area contributed by atoms with E-state index < -0.39 is 9.84 Å². The van der Waals surface area contributed by atoms with Gasteiger partial charge in [0.2, 0.25) is 5.91 Å². The summed E-state index contributed by atoms with van der Waals surface area (Å²) in [4.78, 5) is 11.8. The van der Waals surface area contributed by atoms with Crippen LogP contribution in [0, 0.1) is 5.92 Å². The number of ether oxygens (including phenoxy) is 1. The summed E-state index contributed by atoms with van der Waals surface area (Å²) < 4.78 is 27.0. The Hall–Kier alpha value is -0.660. The van der Waals surface area contributed by atoms with E-state index in [1.807, 2.05) is 0 Å². The zero-order valence-corrected chi connectivity index (χ0v) is 11.0. The molecule has 1 aliphatic heterocycles. The lowest BCUT2D eigenvalue weighted by molar-refractivity contribution is -0.125. The van der Waals surface area contributed by atoms with Gasteiger partial charge in [-0.25, -0.2) is 8.42 Å². The van der Waals surface area contributed by atoms with Gasteiger partial charge in [0, 0.05) is 18.8 Å². The van der Waals surface area contributed by atoms with Crippen molar-refractivity contribution < 1.29 is 17.9 Å². The van der Waals surface area contributed by atoms with Crippen molar-refractivity contribution in [1.82, 2.24) is 10.6 Å². The highest BCUT2D eigenvalue weighted by molar-refractivity contribution is 7.90. The van der Waals surface area contributed by atoms with Gasteiger partial charge < -0.3 is 15.4 Å². The SMILES string of the molecule is CNC1COCC1C(=O)NCCCS(C)(=O)=O. The minimum Gasteiger partial charge on any atom is -0.379 e. The second-order valence-corrected chi connectivity index (χ2v) is 6.57. The summed E-state index contributed by atoms with van der Waals surface area (Å²) in [6, 6.07) is 0.0462. The molecule has 0 aromatic heterocycles. The zero-order chi connectivity index (χ0) is 12.9. The van der Waals surface area contributed by atoms with Crippen LogP contribution in [-0.2, 0) is 19.4 Å². The highest BCUT2D eigenvalue weighted by Gasteiger charge is 2.32. The average molecular weight is 264 g/mol. The standard InChI is InChI=1S/C10H20N2O4S/c1-11-9-7-16-6-8(9)10(13)12-4-3-5-17(2,14)15/h8-9,11H,3-7H2,1-2H3,(H,12,13). The van der Waals surface area contributed by atoms with Gasteiger partial charge in [-0.05, 0) is 13.5 Å². The van der Waals surface area contributed by atoms with Crippen molar-refractivity contribution >= 4 is 15.7 Å². The highest BCUT2D eigenvalue weighted by Crippen LogP contribution is 2.13. The number of sulfone groups is 1. The number of carbonyl (C=O) groups is 1. The first-order chi connectivity index (χ1) is 7.94. The van der Waals surface area contributed by atoms with Gasteiger partial charge in [-0.2, -0.15) is 0 Å². The smallest absolute Gasteiger partial charge is 0.227 e. The van der Waals surface area contributed by atoms with Crippen LogP contribution < -0.4 is 10.6 Å². The summed E-state index contributed by atoms with van der Waals surface area (Å²) in [7, 11) is -1.15. The third kappa shape index (κ3) is 5.01. The van der Waals surface area contributed by atoms with Crippen molar-refractivity contribution in [2.24, 2.45) is 5.92 Å². The molecule has 1 heterocycles.